The Morgan fingerprint density at radius 1 is 0.551 bits per heavy atom. The molecule has 0 saturated carbocycles. The van der Waals surface area contributed by atoms with Crippen LogP contribution < -0.4 is 48.7 Å². The maximum absolute atomic E-state index is 14.3. The number of phenolic OH excluding ortho intramolecular Hbond substituents is 1. The van der Waals surface area contributed by atoms with Crippen molar-refractivity contribution < 1.29 is 58.5 Å². The minimum absolute atomic E-state index is 0.0484. The van der Waals surface area contributed by atoms with Crippen LogP contribution >= 0.6 is 12.6 Å². The van der Waals surface area contributed by atoms with Crippen molar-refractivity contribution in [3.8, 4) is 5.75 Å². The molecule has 2 aromatic rings. The zero-order valence-electron chi connectivity index (χ0n) is 40.0. The summed E-state index contributed by atoms with van der Waals surface area (Å²) < 4.78 is 0. The molecule has 8 atom stereocenters. The van der Waals surface area contributed by atoms with Gasteiger partial charge in [-0.2, -0.15) is 12.6 Å². The fourth-order valence-corrected chi connectivity index (χ4v) is 7.13. The van der Waals surface area contributed by atoms with Crippen LogP contribution in [0.1, 0.15) is 84.8 Å². The van der Waals surface area contributed by atoms with E-state index in [0.29, 0.717) is 30.5 Å². The number of nitrogens with one attached hydrogen (secondary N) is 7. The largest absolute Gasteiger partial charge is 0.508 e. The molecule has 0 fully saturated rings. The minimum atomic E-state index is -1.83. The zero-order chi connectivity index (χ0) is 52.0. The Hall–Kier alpha value is -6.26. The fourth-order valence-electron chi connectivity index (χ4n) is 6.88. The molecule has 22 heteroatoms. The van der Waals surface area contributed by atoms with Crippen molar-refractivity contribution in [2.75, 3.05) is 12.3 Å². The summed E-state index contributed by atoms with van der Waals surface area (Å²) >= 11 is 3.99. The number of phenols is 1. The van der Waals surface area contributed by atoms with Crippen LogP contribution in [0, 0.1) is 17.8 Å². The second kappa shape index (κ2) is 29.6. The van der Waals surface area contributed by atoms with E-state index in [1.165, 1.54) is 24.3 Å². The van der Waals surface area contributed by atoms with E-state index in [-0.39, 0.29) is 49.0 Å². The first-order valence-electron chi connectivity index (χ1n) is 22.9. The summed E-state index contributed by atoms with van der Waals surface area (Å²) in [7, 11) is 0. The molecule has 0 radical (unpaired) electrons. The Kier molecular flexibility index (Phi) is 25.2. The molecule has 69 heavy (non-hydrogen) atoms. The number of benzene rings is 2. The van der Waals surface area contributed by atoms with Gasteiger partial charge in [-0.15, -0.1) is 0 Å². The van der Waals surface area contributed by atoms with Crippen molar-refractivity contribution >= 4 is 65.9 Å². The number of amides is 7. The number of nitrogens with two attached hydrogens (primary N) is 2. The van der Waals surface area contributed by atoms with Crippen molar-refractivity contribution in [3.63, 3.8) is 0 Å². The van der Waals surface area contributed by atoms with Crippen molar-refractivity contribution in [1.82, 2.24) is 37.2 Å². The van der Waals surface area contributed by atoms with Crippen LogP contribution in [0.5, 0.6) is 5.75 Å². The van der Waals surface area contributed by atoms with Crippen LogP contribution in [0.25, 0.3) is 0 Å². The molecule has 0 aliphatic heterocycles. The van der Waals surface area contributed by atoms with Gasteiger partial charge in [0.05, 0.1) is 12.5 Å². The predicted octanol–water partition coefficient (Wildman–Crippen LogP) is -0.125. The lowest BCUT2D eigenvalue weighted by atomic mass is 9.99. The number of unbranched alkanes of at least 4 members (excludes halogenated alkanes) is 1. The molecule has 0 aliphatic rings. The second-order valence-corrected chi connectivity index (χ2v) is 18.3. The number of aliphatic carboxylic acids is 2. The van der Waals surface area contributed by atoms with Gasteiger partial charge in [-0.25, -0.2) is 4.79 Å². The van der Waals surface area contributed by atoms with E-state index in [1.54, 1.807) is 71.9 Å². The van der Waals surface area contributed by atoms with Crippen LogP contribution in [0.15, 0.2) is 54.6 Å². The van der Waals surface area contributed by atoms with Gasteiger partial charge in [-0.05, 0) is 73.2 Å². The van der Waals surface area contributed by atoms with Gasteiger partial charge in [-0.3, -0.25) is 38.4 Å². The molecule has 0 aliphatic carbocycles. The summed E-state index contributed by atoms with van der Waals surface area (Å²) in [5.41, 5.74) is 12.7. The smallest absolute Gasteiger partial charge is 0.327 e. The molecule has 7 amide bonds. The molecular weight excluding hydrogens is 915 g/mol. The average Bonchev–Trinajstić information content (AvgIpc) is 3.28. The Bertz CT molecular complexity index is 2040. The summed E-state index contributed by atoms with van der Waals surface area (Å²) in [5.74, 6) is -10.1. The molecule has 14 N–H and O–H groups in total. The van der Waals surface area contributed by atoms with E-state index in [9.17, 15) is 58.5 Å². The summed E-state index contributed by atoms with van der Waals surface area (Å²) in [6, 6.07) is 3.32. The van der Waals surface area contributed by atoms with Gasteiger partial charge >= 0.3 is 11.9 Å². The zero-order valence-corrected chi connectivity index (χ0v) is 40.9. The van der Waals surface area contributed by atoms with Crippen molar-refractivity contribution in [2.45, 2.75) is 135 Å². The molecule has 2 aromatic carbocycles. The first-order valence-corrected chi connectivity index (χ1v) is 23.6. The van der Waals surface area contributed by atoms with Crippen molar-refractivity contribution in [3.05, 3.63) is 65.7 Å². The van der Waals surface area contributed by atoms with Crippen LogP contribution in [0.2, 0.25) is 0 Å². The maximum atomic E-state index is 14.3. The number of carboxylic acids is 2. The highest BCUT2D eigenvalue weighted by molar-refractivity contribution is 7.80. The summed E-state index contributed by atoms with van der Waals surface area (Å²) in [6.45, 7) is 10.6. The molecule has 382 valence electrons. The average molecular weight is 986 g/mol. The Morgan fingerprint density at radius 3 is 1.51 bits per heavy atom. The number of thiol groups is 1. The van der Waals surface area contributed by atoms with Crippen LogP contribution in [0.4, 0.5) is 0 Å². The van der Waals surface area contributed by atoms with Gasteiger partial charge in [0.25, 0.3) is 0 Å². The van der Waals surface area contributed by atoms with E-state index >= 15 is 0 Å². The topological polar surface area (TPSA) is 351 Å². The monoisotopic (exact) mass is 985 g/mol. The minimum Gasteiger partial charge on any atom is -0.508 e. The fraction of sp³-hybridized carbons (Fsp3) is 0.553. The number of carbonyl (C=O) groups excluding carboxylic acids is 7. The van der Waals surface area contributed by atoms with Crippen molar-refractivity contribution in [1.29, 1.82) is 0 Å². The summed E-state index contributed by atoms with van der Waals surface area (Å²) in [4.78, 5) is 121. The molecule has 0 saturated heterocycles. The Balaban J connectivity index is 2.51. The van der Waals surface area contributed by atoms with Gasteiger partial charge in [0, 0.05) is 18.6 Å². The number of rotatable bonds is 30. The van der Waals surface area contributed by atoms with Gasteiger partial charge in [0.2, 0.25) is 41.4 Å². The van der Waals surface area contributed by atoms with Gasteiger partial charge < -0.3 is 64.0 Å². The quantitative estimate of drug-likeness (QED) is 0.0359. The third-order valence-electron chi connectivity index (χ3n) is 10.9. The SMILES string of the molecule is CC(C)C[C@H](NC(=O)[C@H](Cc1ccccc1)NC(=O)[C@H](CC(=O)O)NC(=O)[C@H](Cc1ccc(O)cc1)NC(=O)[C@@H](NC(=O)[C@@H](N)C(C)C)C(C)C)C(=O)N[C@@H](CCCCN)C(=O)N[C@@H](CS)C(=O)O. The van der Waals surface area contributed by atoms with Crippen LogP contribution in [0.3, 0.4) is 0 Å². The van der Waals surface area contributed by atoms with Gasteiger partial charge in [0.15, 0.2) is 0 Å². The standard InChI is InChI=1S/C47H71N9O12S/c1-25(2)20-32(41(61)50-31(14-10-11-19-48)40(60)55-36(24-69)47(67)68)51-42(62)33(21-28-12-8-7-9-13-28)52-44(64)35(23-37(58)59)53-43(63)34(22-29-15-17-30(57)18-16-29)54-46(66)39(27(5)6)56-45(65)38(49)26(3)4/h7-9,12-13,15-18,25-27,31-36,38-39,57,69H,10-11,14,19-24,48-49H2,1-6H3,(H,50,61)(H,51,62)(H,52,64)(H,53,63)(H,54,66)(H,55,60)(H,56,65)(H,58,59)(H,67,68)/t31-,32-,33-,34-,35-,36-,38-,39-/m0/s1. The Labute approximate surface area is 408 Å². The van der Waals surface area contributed by atoms with Gasteiger partial charge in [-0.1, -0.05) is 84.0 Å². The highest BCUT2D eigenvalue weighted by atomic mass is 32.1. The molecule has 21 nitrogen and oxygen atoms in total. The highest BCUT2D eigenvalue weighted by Gasteiger charge is 2.36. The molecule has 0 unspecified atom stereocenters. The Morgan fingerprint density at radius 2 is 1.01 bits per heavy atom. The predicted molar refractivity (Wildman–Crippen MR) is 259 cm³/mol. The van der Waals surface area contributed by atoms with Gasteiger partial charge in [0.1, 0.15) is 48.0 Å². The first-order chi connectivity index (χ1) is 32.5. The summed E-state index contributed by atoms with van der Waals surface area (Å²) in [6.07, 6.45) is -0.348. The lowest BCUT2D eigenvalue weighted by Gasteiger charge is -2.29. The molecule has 2 rings (SSSR count). The molecular formula is C47H71N9O12S. The van der Waals surface area contributed by atoms with E-state index in [4.69, 9.17) is 11.5 Å². The van der Waals surface area contributed by atoms with Crippen molar-refractivity contribution in [2.24, 2.45) is 29.2 Å². The van der Waals surface area contributed by atoms with E-state index in [2.05, 4.69) is 49.8 Å². The third kappa shape index (κ3) is 20.9. The molecule has 0 aromatic heterocycles. The summed E-state index contributed by atoms with van der Waals surface area (Å²) in [5, 5.41) is 47.2. The number of carboxylic acid groups (broad SMARTS) is 2. The number of aromatic hydroxyl groups is 1. The first kappa shape index (κ1) is 58.9. The molecule has 0 bridgehead atoms. The number of carbonyl (C=O) groups is 9. The molecule has 0 heterocycles. The third-order valence-corrected chi connectivity index (χ3v) is 11.3. The second-order valence-electron chi connectivity index (χ2n) is 18.0. The highest BCUT2D eigenvalue weighted by Crippen LogP contribution is 2.15. The molecule has 0 spiro atoms. The van der Waals surface area contributed by atoms with E-state index in [0.717, 1.165) is 0 Å². The lowest BCUT2D eigenvalue weighted by Crippen LogP contribution is -2.61. The van der Waals surface area contributed by atoms with E-state index < -0.39 is 114 Å². The number of hydrogen-bond donors (Lipinski definition) is 13. The maximum Gasteiger partial charge on any atom is 0.327 e. The number of hydrogen-bond acceptors (Lipinski definition) is 13. The van der Waals surface area contributed by atoms with Crippen LogP contribution in [-0.2, 0) is 56.0 Å². The van der Waals surface area contributed by atoms with Crippen LogP contribution in [-0.4, -0.2) is 129 Å². The normalized spacial score (nSPS) is 14.7. The lowest BCUT2D eigenvalue weighted by molar-refractivity contribution is -0.142. The van der Waals surface area contributed by atoms with E-state index in [1.807, 2.05) is 0 Å².